The maximum atomic E-state index is 10.9. The van der Waals surface area contributed by atoms with Crippen LogP contribution in [0.25, 0.3) is 0 Å². The highest BCUT2D eigenvalue weighted by atomic mass is 16.2. The molecule has 1 atom stereocenters. The van der Waals surface area contributed by atoms with Crippen molar-refractivity contribution in [1.82, 2.24) is 5.32 Å². The molecule has 0 spiro atoms. The second-order valence-electron chi connectivity index (χ2n) is 3.54. The van der Waals surface area contributed by atoms with Crippen LogP contribution in [0.15, 0.2) is 30.3 Å². The smallest absolute Gasteiger partial charge is 0.312 e. The monoisotopic (exact) mass is 192 g/mol. The number of amides is 2. The molecule has 76 valence electrons. The molecule has 0 bridgehead atoms. The quantitative estimate of drug-likeness (QED) is 0.756. The minimum Gasteiger partial charge on any atom is -0.352 e. The Balaban J connectivity index is 2.95. The van der Waals surface area contributed by atoms with Crippen LogP contribution in [-0.2, 0) is 5.54 Å². The Hall–Kier alpha value is -1.51. The molecule has 1 aromatic rings. The average molecular weight is 192 g/mol. The van der Waals surface area contributed by atoms with Crippen molar-refractivity contribution in [1.29, 1.82) is 0 Å². The highest BCUT2D eigenvalue weighted by Gasteiger charge is 2.24. The van der Waals surface area contributed by atoms with Crippen molar-refractivity contribution >= 4 is 6.03 Å². The summed E-state index contributed by atoms with van der Waals surface area (Å²) in [7, 11) is 0. The van der Waals surface area contributed by atoms with Gasteiger partial charge >= 0.3 is 6.03 Å². The zero-order chi connectivity index (χ0) is 10.6. The minimum atomic E-state index is -0.488. The Kier molecular flexibility index (Phi) is 3.12. The first-order valence-electron chi connectivity index (χ1n) is 4.71. The van der Waals surface area contributed by atoms with E-state index in [-0.39, 0.29) is 5.54 Å². The van der Waals surface area contributed by atoms with E-state index in [2.05, 4.69) is 5.32 Å². The molecule has 0 aliphatic heterocycles. The van der Waals surface area contributed by atoms with Crippen LogP contribution in [0.4, 0.5) is 4.79 Å². The van der Waals surface area contributed by atoms with Crippen LogP contribution in [0.2, 0.25) is 0 Å². The fourth-order valence-electron chi connectivity index (χ4n) is 1.44. The van der Waals surface area contributed by atoms with Gasteiger partial charge < -0.3 is 11.1 Å². The van der Waals surface area contributed by atoms with Crippen LogP contribution in [0.5, 0.6) is 0 Å². The molecule has 3 heteroatoms. The summed E-state index contributed by atoms with van der Waals surface area (Å²) in [4.78, 5) is 10.9. The number of hydrogen-bond donors (Lipinski definition) is 2. The van der Waals surface area contributed by atoms with Crippen molar-refractivity contribution in [2.75, 3.05) is 0 Å². The van der Waals surface area contributed by atoms with E-state index in [9.17, 15) is 4.79 Å². The fraction of sp³-hybridized carbons (Fsp3) is 0.364. The number of nitrogens with two attached hydrogens (primary N) is 1. The summed E-state index contributed by atoms with van der Waals surface area (Å²) in [6, 6.07) is 9.33. The summed E-state index contributed by atoms with van der Waals surface area (Å²) in [5.74, 6) is 0. The number of rotatable bonds is 3. The van der Waals surface area contributed by atoms with Crippen molar-refractivity contribution < 1.29 is 4.79 Å². The number of benzene rings is 1. The highest BCUT2D eigenvalue weighted by molar-refractivity contribution is 5.72. The Morgan fingerprint density at radius 2 is 2.00 bits per heavy atom. The lowest BCUT2D eigenvalue weighted by Gasteiger charge is -2.29. The second kappa shape index (κ2) is 4.13. The van der Waals surface area contributed by atoms with Crippen molar-refractivity contribution in [2.24, 2.45) is 5.73 Å². The predicted octanol–water partition coefficient (Wildman–Crippen LogP) is 1.98. The van der Waals surface area contributed by atoms with Gasteiger partial charge in [-0.2, -0.15) is 0 Å². The summed E-state index contributed by atoms with van der Waals surface area (Å²) < 4.78 is 0. The summed E-state index contributed by atoms with van der Waals surface area (Å²) in [6.07, 6.45) is 0.806. The topological polar surface area (TPSA) is 55.1 Å². The molecule has 0 heterocycles. The van der Waals surface area contributed by atoms with Crippen LogP contribution in [-0.4, -0.2) is 6.03 Å². The van der Waals surface area contributed by atoms with Gasteiger partial charge in [0.05, 0.1) is 5.54 Å². The van der Waals surface area contributed by atoms with Gasteiger partial charge in [-0.15, -0.1) is 0 Å². The minimum absolute atomic E-state index is 0.368. The van der Waals surface area contributed by atoms with E-state index in [1.807, 2.05) is 44.2 Å². The molecule has 0 aliphatic carbocycles. The number of nitrogens with one attached hydrogen (secondary N) is 1. The van der Waals surface area contributed by atoms with Gasteiger partial charge in [-0.05, 0) is 18.9 Å². The zero-order valence-corrected chi connectivity index (χ0v) is 8.58. The molecule has 0 radical (unpaired) electrons. The maximum absolute atomic E-state index is 10.9. The second-order valence-corrected chi connectivity index (χ2v) is 3.54. The van der Waals surface area contributed by atoms with Crippen molar-refractivity contribution in [3.05, 3.63) is 35.9 Å². The van der Waals surface area contributed by atoms with Crippen molar-refractivity contribution in [3.8, 4) is 0 Å². The Morgan fingerprint density at radius 3 is 2.43 bits per heavy atom. The normalized spacial score (nSPS) is 14.4. The van der Waals surface area contributed by atoms with Gasteiger partial charge in [0.15, 0.2) is 0 Å². The summed E-state index contributed by atoms with van der Waals surface area (Å²) in [6.45, 7) is 3.98. The Morgan fingerprint density at radius 1 is 1.43 bits per heavy atom. The van der Waals surface area contributed by atoms with Crippen molar-refractivity contribution in [3.63, 3.8) is 0 Å². The fourth-order valence-corrected chi connectivity index (χ4v) is 1.44. The van der Waals surface area contributed by atoms with E-state index in [1.54, 1.807) is 0 Å². The molecule has 2 amide bonds. The summed E-state index contributed by atoms with van der Waals surface area (Å²) >= 11 is 0. The highest BCUT2D eigenvalue weighted by Crippen LogP contribution is 2.23. The van der Waals surface area contributed by atoms with E-state index in [0.717, 1.165) is 12.0 Å². The molecule has 3 nitrogen and oxygen atoms in total. The van der Waals surface area contributed by atoms with Crippen LogP contribution >= 0.6 is 0 Å². The number of hydrogen-bond acceptors (Lipinski definition) is 1. The SMILES string of the molecule is CCC(C)(NC(N)=O)c1ccccc1. The van der Waals surface area contributed by atoms with E-state index < -0.39 is 6.03 Å². The van der Waals surface area contributed by atoms with Crippen LogP contribution < -0.4 is 11.1 Å². The number of primary amides is 1. The standard InChI is InChI=1S/C11H16N2O/c1-3-11(2,13-10(12)14)9-7-5-4-6-8-9/h4-8H,3H2,1-2H3,(H3,12,13,14). The third-order valence-corrected chi connectivity index (χ3v) is 2.52. The van der Waals surface area contributed by atoms with Gasteiger partial charge in [-0.1, -0.05) is 37.3 Å². The largest absolute Gasteiger partial charge is 0.352 e. The van der Waals surface area contributed by atoms with E-state index in [1.165, 1.54) is 0 Å². The van der Waals surface area contributed by atoms with Gasteiger partial charge in [-0.3, -0.25) is 0 Å². The molecular weight excluding hydrogens is 176 g/mol. The molecule has 1 unspecified atom stereocenters. The van der Waals surface area contributed by atoms with Gasteiger partial charge in [-0.25, -0.2) is 4.79 Å². The lowest BCUT2D eigenvalue weighted by atomic mass is 9.89. The predicted molar refractivity (Wildman–Crippen MR) is 56.8 cm³/mol. The van der Waals surface area contributed by atoms with Gasteiger partial charge in [0.2, 0.25) is 0 Å². The van der Waals surface area contributed by atoms with Gasteiger partial charge in [0, 0.05) is 0 Å². The van der Waals surface area contributed by atoms with E-state index in [4.69, 9.17) is 5.73 Å². The lowest BCUT2D eigenvalue weighted by Crippen LogP contribution is -2.45. The van der Waals surface area contributed by atoms with Gasteiger partial charge in [0.1, 0.15) is 0 Å². The summed E-state index contributed by atoms with van der Waals surface area (Å²) in [5, 5.41) is 2.76. The molecule has 0 aliphatic rings. The Bertz CT molecular complexity index is 310. The molecule has 0 saturated heterocycles. The number of carbonyl (C=O) groups is 1. The molecule has 0 aromatic heterocycles. The average Bonchev–Trinajstić information content (AvgIpc) is 2.18. The summed E-state index contributed by atoms with van der Waals surface area (Å²) in [5.41, 5.74) is 5.84. The third kappa shape index (κ3) is 2.25. The Labute approximate surface area is 84.3 Å². The number of carbonyl (C=O) groups excluding carboxylic acids is 1. The van der Waals surface area contributed by atoms with E-state index >= 15 is 0 Å². The molecule has 0 fully saturated rings. The molecule has 1 aromatic carbocycles. The molecule has 0 saturated carbocycles. The first kappa shape index (κ1) is 10.6. The molecule has 3 N–H and O–H groups in total. The lowest BCUT2D eigenvalue weighted by molar-refractivity contribution is 0.234. The van der Waals surface area contributed by atoms with Crippen LogP contribution in [0, 0.1) is 0 Å². The first-order valence-corrected chi connectivity index (χ1v) is 4.71. The van der Waals surface area contributed by atoms with E-state index in [0.29, 0.717) is 0 Å². The number of urea groups is 1. The van der Waals surface area contributed by atoms with Crippen LogP contribution in [0.1, 0.15) is 25.8 Å². The molecule has 14 heavy (non-hydrogen) atoms. The first-order chi connectivity index (χ1) is 6.58. The van der Waals surface area contributed by atoms with Crippen LogP contribution in [0.3, 0.4) is 0 Å². The zero-order valence-electron chi connectivity index (χ0n) is 8.58. The third-order valence-electron chi connectivity index (χ3n) is 2.52. The molecule has 1 rings (SSSR count). The van der Waals surface area contributed by atoms with Crippen molar-refractivity contribution in [2.45, 2.75) is 25.8 Å². The van der Waals surface area contributed by atoms with Gasteiger partial charge in [0.25, 0.3) is 0 Å². The maximum Gasteiger partial charge on any atom is 0.312 e. The molecular formula is C11H16N2O.